The normalized spacial score (nSPS) is 11.5. The lowest BCUT2D eigenvalue weighted by Gasteiger charge is -2.13. The first-order valence-corrected chi connectivity index (χ1v) is 7.73. The quantitative estimate of drug-likeness (QED) is 0.384. The predicted octanol–water partition coefficient (Wildman–Crippen LogP) is 0.0426. The number of nitrogens with zero attached hydrogens (tertiary/aromatic N) is 2. The lowest BCUT2D eigenvalue weighted by Crippen LogP contribution is -2.25. The van der Waals surface area contributed by atoms with E-state index >= 15 is 0 Å². The highest BCUT2D eigenvalue weighted by molar-refractivity contribution is 5.97. The van der Waals surface area contributed by atoms with Crippen LogP contribution in [0.15, 0.2) is 30.5 Å². The van der Waals surface area contributed by atoms with E-state index in [9.17, 15) is 14.7 Å². The Morgan fingerprint density at radius 3 is 2.69 bits per heavy atom. The van der Waals surface area contributed by atoms with Crippen LogP contribution in [0.4, 0.5) is 23.1 Å². The molecule has 1 atom stereocenters. The number of aliphatic hydroxyl groups is 2. The summed E-state index contributed by atoms with van der Waals surface area (Å²) in [6, 6.07) is 6.91. The fourth-order valence-corrected chi connectivity index (χ4v) is 2.04. The van der Waals surface area contributed by atoms with Gasteiger partial charge in [0, 0.05) is 31.0 Å². The minimum absolute atomic E-state index is 0.0226. The van der Waals surface area contributed by atoms with Gasteiger partial charge in [0.25, 0.3) is 5.91 Å². The molecule has 10 nitrogen and oxygen atoms in total. The molecule has 0 aliphatic heterocycles. The Morgan fingerprint density at radius 2 is 2.04 bits per heavy atom. The first kappa shape index (κ1) is 19.1. The van der Waals surface area contributed by atoms with Crippen molar-refractivity contribution in [2.45, 2.75) is 13.0 Å². The van der Waals surface area contributed by atoms with Crippen LogP contribution in [0, 0.1) is 0 Å². The van der Waals surface area contributed by atoms with Crippen molar-refractivity contribution in [2.75, 3.05) is 29.1 Å². The van der Waals surface area contributed by atoms with Crippen molar-refractivity contribution in [1.29, 1.82) is 0 Å². The lowest BCUT2D eigenvalue weighted by molar-refractivity contribution is -0.114. The molecule has 7 N–H and O–H groups in total. The van der Waals surface area contributed by atoms with E-state index in [1.54, 1.807) is 24.3 Å². The molecule has 0 aliphatic carbocycles. The monoisotopic (exact) mass is 360 g/mol. The van der Waals surface area contributed by atoms with Gasteiger partial charge in [-0.05, 0) is 18.2 Å². The van der Waals surface area contributed by atoms with Crippen molar-refractivity contribution < 1.29 is 19.8 Å². The Balaban J connectivity index is 2.21. The third kappa shape index (κ3) is 5.40. The van der Waals surface area contributed by atoms with Gasteiger partial charge in [0.15, 0.2) is 0 Å². The van der Waals surface area contributed by atoms with E-state index in [2.05, 4.69) is 25.9 Å². The third-order valence-corrected chi connectivity index (χ3v) is 3.21. The number of hydrogen-bond donors (Lipinski definition) is 6. The second kappa shape index (κ2) is 8.74. The fraction of sp³-hybridized carbons (Fsp3) is 0.250. The number of hydrogen-bond acceptors (Lipinski definition) is 8. The van der Waals surface area contributed by atoms with Gasteiger partial charge in [-0.25, -0.2) is 4.98 Å². The van der Waals surface area contributed by atoms with Gasteiger partial charge in [0.1, 0.15) is 5.82 Å². The highest BCUT2D eigenvalue weighted by Gasteiger charge is 2.13. The number of amides is 2. The van der Waals surface area contributed by atoms with Gasteiger partial charge in [-0.15, -0.1) is 0 Å². The molecule has 2 amide bonds. The van der Waals surface area contributed by atoms with Crippen LogP contribution >= 0.6 is 0 Å². The smallest absolute Gasteiger partial charge is 0.254 e. The number of carbonyl (C=O) groups excluding carboxylic acids is 2. The first-order valence-electron chi connectivity index (χ1n) is 7.73. The molecule has 1 heterocycles. The van der Waals surface area contributed by atoms with Gasteiger partial charge in [0.05, 0.1) is 18.3 Å². The number of primary amides is 1. The summed E-state index contributed by atoms with van der Waals surface area (Å²) in [6.07, 6.45) is 0.236. The molecule has 2 aromatic rings. The van der Waals surface area contributed by atoms with E-state index < -0.39 is 18.6 Å². The molecule has 0 radical (unpaired) electrons. The summed E-state index contributed by atoms with van der Waals surface area (Å²) in [5.74, 6) is -0.625. The summed E-state index contributed by atoms with van der Waals surface area (Å²) in [4.78, 5) is 30.8. The summed E-state index contributed by atoms with van der Waals surface area (Å²) >= 11 is 0. The van der Waals surface area contributed by atoms with Crippen LogP contribution in [-0.2, 0) is 4.79 Å². The highest BCUT2D eigenvalue weighted by atomic mass is 16.3. The Bertz CT molecular complexity index is 798. The molecule has 1 aromatic carbocycles. The first-order chi connectivity index (χ1) is 12.4. The zero-order valence-electron chi connectivity index (χ0n) is 14.1. The Kier molecular flexibility index (Phi) is 6.42. The number of aromatic nitrogens is 2. The molecular formula is C16H20N6O4. The van der Waals surface area contributed by atoms with Crippen molar-refractivity contribution in [2.24, 2.45) is 5.73 Å². The van der Waals surface area contributed by atoms with Crippen LogP contribution in [0.5, 0.6) is 0 Å². The summed E-state index contributed by atoms with van der Waals surface area (Å²) in [7, 11) is 0. The SMILES string of the molecule is CC(=O)Nc1cccc(Nc2ncc(C(N)=O)c(NCC(O)CO)n2)c1. The lowest BCUT2D eigenvalue weighted by atomic mass is 10.2. The van der Waals surface area contributed by atoms with E-state index in [0.29, 0.717) is 11.4 Å². The van der Waals surface area contributed by atoms with Crippen molar-refractivity contribution in [3.8, 4) is 0 Å². The maximum Gasteiger partial charge on any atom is 0.254 e. The van der Waals surface area contributed by atoms with Crippen LogP contribution in [0.2, 0.25) is 0 Å². The Labute approximate surface area is 149 Å². The van der Waals surface area contributed by atoms with E-state index in [0.717, 1.165) is 0 Å². The average Bonchev–Trinajstić information content (AvgIpc) is 2.59. The molecule has 0 bridgehead atoms. The number of nitrogens with one attached hydrogen (secondary N) is 3. The molecule has 0 saturated heterocycles. The molecule has 10 heteroatoms. The van der Waals surface area contributed by atoms with Crippen LogP contribution in [0.25, 0.3) is 0 Å². The minimum Gasteiger partial charge on any atom is -0.394 e. The van der Waals surface area contributed by atoms with Crippen LogP contribution in [-0.4, -0.2) is 51.3 Å². The van der Waals surface area contributed by atoms with Crippen molar-refractivity contribution in [3.63, 3.8) is 0 Å². The van der Waals surface area contributed by atoms with Gasteiger partial charge in [-0.3, -0.25) is 9.59 Å². The van der Waals surface area contributed by atoms with Crippen molar-refractivity contribution >= 4 is 35.0 Å². The second-order valence-electron chi connectivity index (χ2n) is 5.42. The van der Waals surface area contributed by atoms with Crippen molar-refractivity contribution in [1.82, 2.24) is 9.97 Å². The summed E-state index contributed by atoms with van der Waals surface area (Å²) in [6.45, 7) is 0.945. The zero-order valence-corrected chi connectivity index (χ0v) is 14.1. The van der Waals surface area contributed by atoms with Gasteiger partial charge >= 0.3 is 0 Å². The summed E-state index contributed by atoms with van der Waals surface area (Å²) in [5, 5.41) is 26.7. The maximum absolute atomic E-state index is 11.5. The molecule has 1 aromatic heterocycles. The summed E-state index contributed by atoms with van der Waals surface area (Å²) < 4.78 is 0. The number of anilines is 4. The third-order valence-electron chi connectivity index (χ3n) is 3.21. The molecule has 1 unspecified atom stereocenters. The molecule has 26 heavy (non-hydrogen) atoms. The number of benzene rings is 1. The molecule has 0 fully saturated rings. The number of nitrogens with two attached hydrogens (primary N) is 1. The fourth-order valence-electron chi connectivity index (χ4n) is 2.04. The Hall–Kier alpha value is -3.24. The topological polar surface area (TPSA) is 162 Å². The molecule has 0 spiro atoms. The van der Waals surface area contributed by atoms with Crippen LogP contribution in [0.3, 0.4) is 0 Å². The largest absolute Gasteiger partial charge is 0.394 e. The summed E-state index contributed by atoms with van der Waals surface area (Å²) in [5.41, 5.74) is 6.55. The van der Waals surface area contributed by atoms with Crippen molar-refractivity contribution in [3.05, 3.63) is 36.0 Å². The van der Waals surface area contributed by atoms with Gasteiger partial charge < -0.3 is 31.9 Å². The van der Waals surface area contributed by atoms with E-state index in [1.165, 1.54) is 13.1 Å². The molecule has 2 rings (SSSR count). The highest BCUT2D eigenvalue weighted by Crippen LogP contribution is 2.20. The number of rotatable bonds is 8. The van der Waals surface area contributed by atoms with E-state index in [1.807, 2.05) is 0 Å². The number of aliphatic hydroxyl groups excluding tert-OH is 2. The van der Waals surface area contributed by atoms with Crippen LogP contribution < -0.4 is 21.7 Å². The predicted molar refractivity (Wildman–Crippen MR) is 96.2 cm³/mol. The maximum atomic E-state index is 11.5. The minimum atomic E-state index is -1.02. The number of carbonyl (C=O) groups is 2. The van der Waals surface area contributed by atoms with E-state index in [-0.39, 0.29) is 29.8 Å². The van der Waals surface area contributed by atoms with Gasteiger partial charge in [0.2, 0.25) is 11.9 Å². The standard InChI is InChI=1S/C16H20N6O4/c1-9(24)20-10-3-2-4-11(5-10)21-16-19-7-13(14(17)26)15(22-16)18-6-12(25)8-23/h2-5,7,12,23,25H,6,8H2,1H3,(H2,17,26)(H,20,24)(H2,18,19,21,22). The Morgan fingerprint density at radius 1 is 1.31 bits per heavy atom. The van der Waals surface area contributed by atoms with Gasteiger partial charge in [-0.1, -0.05) is 6.07 Å². The van der Waals surface area contributed by atoms with E-state index in [4.69, 9.17) is 10.8 Å². The van der Waals surface area contributed by atoms with Crippen LogP contribution in [0.1, 0.15) is 17.3 Å². The molecule has 138 valence electrons. The zero-order chi connectivity index (χ0) is 19.1. The molecular weight excluding hydrogens is 340 g/mol. The molecule has 0 aliphatic rings. The average molecular weight is 360 g/mol. The second-order valence-corrected chi connectivity index (χ2v) is 5.42. The van der Waals surface area contributed by atoms with Gasteiger partial charge in [-0.2, -0.15) is 4.98 Å². The molecule has 0 saturated carbocycles.